The molecule has 16 heavy (non-hydrogen) atoms. The zero-order chi connectivity index (χ0) is 11.4. The van der Waals surface area contributed by atoms with Crippen LogP contribution in [0.25, 0.3) is 0 Å². The van der Waals surface area contributed by atoms with Gasteiger partial charge in [-0.25, -0.2) is 4.39 Å². The van der Waals surface area contributed by atoms with E-state index in [9.17, 15) is 4.39 Å². The van der Waals surface area contributed by atoms with Crippen molar-refractivity contribution < 1.29 is 4.39 Å². The van der Waals surface area contributed by atoms with Crippen molar-refractivity contribution in [1.82, 2.24) is 5.32 Å². The van der Waals surface area contributed by atoms with Crippen LogP contribution in [0.15, 0.2) is 24.3 Å². The molecule has 0 bridgehead atoms. The summed E-state index contributed by atoms with van der Waals surface area (Å²) in [6.07, 6.45) is 3.53. The summed E-state index contributed by atoms with van der Waals surface area (Å²) in [5, 5.41) is 3.43. The molecule has 0 aromatic heterocycles. The fourth-order valence-corrected chi connectivity index (χ4v) is 2.46. The van der Waals surface area contributed by atoms with Gasteiger partial charge in [-0.1, -0.05) is 25.1 Å². The average molecular weight is 221 g/mol. The van der Waals surface area contributed by atoms with Crippen molar-refractivity contribution in [3.63, 3.8) is 0 Å². The maximum Gasteiger partial charge on any atom is 0.126 e. The standard InChI is InChI=1S/C14H20FN/c1-2-9-16-10-11-7-8-12(11)13-5-3-4-6-14(13)15/h3-6,11-12,16H,2,7-10H2,1H3. The maximum atomic E-state index is 13.6. The molecular formula is C14H20FN. The van der Waals surface area contributed by atoms with Gasteiger partial charge in [-0.05, 0) is 55.8 Å². The first-order valence-corrected chi connectivity index (χ1v) is 6.28. The highest BCUT2D eigenvalue weighted by Crippen LogP contribution is 2.42. The van der Waals surface area contributed by atoms with E-state index in [1.54, 1.807) is 12.1 Å². The van der Waals surface area contributed by atoms with E-state index in [1.165, 1.54) is 6.42 Å². The predicted octanol–water partition coefficient (Wildman–Crippen LogP) is 3.32. The van der Waals surface area contributed by atoms with Gasteiger partial charge in [0, 0.05) is 0 Å². The quantitative estimate of drug-likeness (QED) is 0.752. The minimum atomic E-state index is -0.0345. The lowest BCUT2D eigenvalue weighted by molar-refractivity contribution is 0.241. The molecule has 2 unspecified atom stereocenters. The second kappa shape index (κ2) is 5.44. The van der Waals surface area contributed by atoms with Gasteiger partial charge in [0.2, 0.25) is 0 Å². The van der Waals surface area contributed by atoms with Gasteiger partial charge in [-0.3, -0.25) is 0 Å². The highest BCUT2D eigenvalue weighted by atomic mass is 19.1. The fourth-order valence-electron chi connectivity index (χ4n) is 2.46. The van der Waals surface area contributed by atoms with Crippen molar-refractivity contribution in [2.45, 2.75) is 32.1 Å². The topological polar surface area (TPSA) is 12.0 Å². The fraction of sp³-hybridized carbons (Fsp3) is 0.571. The van der Waals surface area contributed by atoms with E-state index in [1.807, 2.05) is 12.1 Å². The molecule has 1 aromatic carbocycles. The molecule has 1 aliphatic rings. The molecule has 2 rings (SSSR count). The van der Waals surface area contributed by atoms with E-state index >= 15 is 0 Å². The predicted molar refractivity (Wildman–Crippen MR) is 65.0 cm³/mol. The molecule has 1 aliphatic carbocycles. The normalized spacial score (nSPS) is 24.1. The summed E-state index contributed by atoms with van der Waals surface area (Å²) in [4.78, 5) is 0. The molecule has 88 valence electrons. The van der Waals surface area contributed by atoms with Gasteiger partial charge in [-0.2, -0.15) is 0 Å². The van der Waals surface area contributed by atoms with Gasteiger partial charge in [-0.15, -0.1) is 0 Å². The molecular weight excluding hydrogens is 201 g/mol. The van der Waals surface area contributed by atoms with Crippen LogP contribution in [0.1, 0.15) is 37.7 Å². The average Bonchev–Trinajstić information content (AvgIpc) is 2.26. The van der Waals surface area contributed by atoms with Crippen molar-refractivity contribution >= 4 is 0 Å². The number of nitrogens with one attached hydrogen (secondary N) is 1. The smallest absolute Gasteiger partial charge is 0.126 e. The number of hydrogen-bond acceptors (Lipinski definition) is 1. The number of benzene rings is 1. The molecule has 0 amide bonds. The SMILES string of the molecule is CCCNCC1CCC1c1ccccc1F. The molecule has 1 fully saturated rings. The van der Waals surface area contributed by atoms with Crippen LogP contribution >= 0.6 is 0 Å². The Morgan fingerprint density at radius 1 is 1.31 bits per heavy atom. The van der Waals surface area contributed by atoms with Gasteiger partial charge >= 0.3 is 0 Å². The summed E-state index contributed by atoms with van der Waals surface area (Å²) in [6, 6.07) is 7.21. The minimum Gasteiger partial charge on any atom is -0.316 e. The largest absolute Gasteiger partial charge is 0.316 e. The first-order valence-electron chi connectivity index (χ1n) is 6.28. The summed E-state index contributed by atoms with van der Waals surface area (Å²) in [6.45, 7) is 4.27. The van der Waals surface area contributed by atoms with Crippen LogP contribution in [0.5, 0.6) is 0 Å². The van der Waals surface area contributed by atoms with Crippen LogP contribution in [0.2, 0.25) is 0 Å². The summed E-state index contributed by atoms with van der Waals surface area (Å²) >= 11 is 0. The van der Waals surface area contributed by atoms with Crippen LogP contribution in [0.4, 0.5) is 4.39 Å². The first-order chi connectivity index (χ1) is 7.83. The molecule has 1 aromatic rings. The lowest BCUT2D eigenvalue weighted by Crippen LogP contribution is -2.34. The van der Waals surface area contributed by atoms with Crippen LogP contribution < -0.4 is 5.32 Å². The third-order valence-corrected chi connectivity index (χ3v) is 3.56. The van der Waals surface area contributed by atoms with E-state index in [2.05, 4.69) is 12.2 Å². The highest BCUT2D eigenvalue weighted by molar-refractivity contribution is 5.24. The van der Waals surface area contributed by atoms with Gasteiger partial charge < -0.3 is 5.32 Å². The van der Waals surface area contributed by atoms with Crippen molar-refractivity contribution in [2.75, 3.05) is 13.1 Å². The van der Waals surface area contributed by atoms with Gasteiger partial charge in [0.1, 0.15) is 5.82 Å². The Bertz CT molecular complexity index is 337. The van der Waals surface area contributed by atoms with E-state index in [0.29, 0.717) is 11.8 Å². The van der Waals surface area contributed by atoms with Gasteiger partial charge in [0.15, 0.2) is 0 Å². The Morgan fingerprint density at radius 2 is 2.12 bits per heavy atom. The Balaban J connectivity index is 1.93. The van der Waals surface area contributed by atoms with Crippen molar-refractivity contribution in [1.29, 1.82) is 0 Å². The second-order valence-electron chi connectivity index (χ2n) is 4.67. The number of halogens is 1. The molecule has 2 atom stereocenters. The number of hydrogen-bond donors (Lipinski definition) is 1. The molecule has 0 aliphatic heterocycles. The van der Waals surface area contributed by atoms with E-state index < -0.39 is 0 Å². The highest BCUT2D eigenvalue weighted by Gasteiger charge is 2.32. The Hall–Kier alpha value is -0.890. The molecule has 0 heterocycles. The van der Waals surface area contributed by atoms with E-state index in [0.717, 1.165) is 31.5 Å². The zero-order valence-electron chi connectivity index (χ0n) is 9.88. The summed E-state index contributed by atoms with van der Waals surface area (Å²) < 4.78 is 13.6. The minimum absolute atomic E-state index is 0.0345. The molecule has 0 saturated heterocycles. The van der Waals surface area contributed by atoms with E-state index in [4.69, 9.17) is 0 Å². The summed E-state index contributed by atoms with van der Waals surface area (Å²) in [7, 11) is 0. The van der Waals surface area contributed by atoms with Crippen LogP contribution in [0, 0.1) is 11.7 Å². The number of rotatable bonds is 5. The van der Waals surface area contributed by atoms with Crippen LogP contribution in [-0.2, 0) is 0 Å². The van der Waals surface area contributed by atoms with Crippen molar-refractivity contribution in [3.05, 3.63) is 35.6 Å². The lowest BCUT2D eigenvalue weighted by Gasteiger charge is -2.37. The second-order valence-corrected chi connectivity index (χ2v) is 4.67. The monoisotopic (exact) mass is 221 g/mol. The third-order valence-electron chi connectivity index (χ3n) is 3.56. The van der Waals surface area contributed by atoms with Gasteiger partial charge in [0.25, 0.3) is 0 Å². The van der Waals surface area contributed by atoms with Crippen molar-refractivity contribution in [3.8, 4) is 0 Å². The third kappa shape index (κ3) is 2.43. The molecule has 0 radical (unpaired) electrons. The molecule has 2 heteroatoms. The summed E-state index contributed by atoms with van der Waals surface area (Å²) in [5.74, 6) is 1.03. The molecule has 1 nitrogen and oxygen atoms in total. The summed E-state index contributed by atoms with van der Waals surface area (Å²) in [5.41, 5.74) is 0.914. The van der Waals surface area contributed by atoms with Gasteiger partial charge in [0.05, 0.1) is 0 Å². The Kier molecular flexibility index (Phi) is 3.94. The first kappa shape index (κ1) is 11.6. The lowest BCUT2D eigenvalue weighted by atomic mass is 9.70. The molecule has 1 saturated carbocycles. The van der Waals surface area contributed by atoms with E-state index in [-0.39, 0.29) is 5.82 Å². The van der Waals surface area contributed by atoms with Crippen LogP contribution in [-0.4, -0.2) is 13.1 Å². The Morgan fingerprint density at radius 3 is 2.75 bits per heavy atom. The Labute approximate surface area is 97.1 Å². The molecule has 1 N–H and O–H groups in total. The van der Waals surface area contributed by atoms with Crippen molar-refractivity contribution in [2.24, 2.45) is 5.92 Å². The van der Waals surface area contributed by atoms with Crippen LogP contribution in [0.3, 0.4) is 0 Å². The zero-order valence-corrected chi connectivity index (χ0v) is 9.88. The maximum absolute atomic E-state index is 13.6. The molecule has 0 spiro atoms.